The highest BCUT2D eigenvalue weighted by atomic mass is 16.4. The van der Waals surface area contributed by atoms with Crippen LogP contribution < -0.4 is 11.2 Å². The Balaban J connectivity index is 2.43. The zero-order valence-electron chi connectivity index (χ0n) is 9.59. The molecule has 3 rings (SSSR count). The van der Waals surface area contributed by atoms with Gasteiger partial charge in [-0.1, -0.05) is 0 Å². The lowest BCUT2D eigenvalue weighted by Gasteiger charge is -2.11. The van der Waals surface area contributed by atoms with E-state index in [1.54, 1.807) is 18.2 Å². The van der Waals surface area contributed by atoms with Gasteiger partial charge in [0.2, 0.25) is 5.43 Å². The predicted octanol–water partition coefficient (Wildman–Crippen LogP) is 1.62. The number of hydrogen-bond donors (Lipinski definition) is 2. The van der Waals surface area contributed by atoms with Gasteiger partial charge in [0.15, 0.2) is 0 Å². The van der Waals surface area contributed by atoms with Crippen molar-refractivity contribution >= 4 is 22.6 Å². The number of anilines is 1. The number of nitrogens with two attached hydrogens (primary N) is 1. The molecule has 1 aliphatic rings. The number of nitrogens with zero attached hydrogens (tertiary/aromatic N) is 1. The number of aromatic nitrogens is 1. The summed E-state index contributed by atoms with van der Waals surface area (Å²) in [6, 6.07) is 5.22. The molecule has 5 nitrogen and oxygen atoms in total. The van der Waals surface area contributed by atoms with Crippen LogP contribution in [0, 0.1) is 0 Å². The number of carbonyl (C=O) groups is 1. The van der Waals surface area contributed by atoms with Crippen molar-refractivity contribution in [3.05, 3.63) is 40.2 Å². The molecule has 1 saturated carbocycles. The minimum absolute atomic E-state index is 0.181. The van der Waals surface area contributed by atoms with Crippen LogP contribution in [0.1, 0.15) is 29.2 Å². The van der Waals surface area contributed by atoms with Crippen molar-refractivity contribution in [2.45, 2.75) is 18.9 Å². The number of fused-ring (bicyclic) bond motifs is 1. The molecule has 3 N–H and O–H groups in total. The lowest BCUT2D eigenvalue weighted by molar-refractivity contribution is 0.0695. The van der Waals surface area contributed by atoms with Gasteiger partial charge in [-0.25, -0.2) is 4.79 Å². The van der Waals surface area contributed by atoms with E-state index in [-0.39, 0.29) is 11.6 Å². The highest BCUT2D eigenvalue weighted by Crippen LogP contribution is 2.37. The van der Waals surface area contributed by atoms with Gasteiger partial charge in [0, 0.05) is 23.3 Å². The molecule has 0 saturated heterocycles. The second-order valence-electron chi connectivity index (χ2n) is 4.59. The van der Waals surface area contributed by atoms with E-state index in [0.29, 0.717) is 16.6 Å². The molecule has 0 spiro atoms. The monoisotopic (exact) mass is 244 g/mol. The number of pyridine rings is 1. The van der Waals surface area contributed by atoms with Gasteiger partial charge in [-0.15, -0.1) is 0 Å². The summed E-state index contributed by atoms with van der Waals surface area (Å²) >= 11 is 0. The highest BCUT2D eigenvalue weighted by molar-refractivity contribution is 5.93. The van der Waals surface area contributed by atoms with Crippen LogP contribution in [-0.4, -0.2) is 15.6 Å². The van der Waals surface area contributed by atoms with E-state index in [9.17, 15) is 9.59 Å². The van der Waals surface area contributed by atoms with Crippen LogP contribution in [0.15, 0.2) is 29.2 Å². The van der Waals surface area contributed by atoms with Crippen LogP contribution in [0.5, 0.6) is 0 Å². The summed E-state index contributed by atoms with van der Waals surface area (Å²) in [7, 11) is 0. The van der Waals surface area contributed by atoms with Crippen LogP contribution in [0.4, 0.5) is 5.69 Å². The van der Waals surface area contributed by atoms with Gasteiger partial charge in [-0.05, 0) is 31.0 Å². The second kappa shape index (κ2) is 3.60. The third-order valence-corrected chi connectivity index (χ3v) is 3.23. The standard InChI is InChI=1S/C13H12N2O3/c14-7-1-4-9-11(5-7)15(8-2-3-8)6-10(12(9)16)13(17)18/h1,4-6,8H,2-3,14H2,(H,17,18). The summed E-state index contributed by atoms with van der Waals surface area (Å²) in [5.41, 5.74) is 6.38. The summed E-state index contributed by atoms with van der Waals surface area (Å²) in [6.07, 6.45) is 3.45. The van der Waals surface area contributed by atoms with E-state index in [4.69, 9.17) is 10.8 Å². The van der Waals surface area contributed by atoms with Crippen molar-refractivity contribution in [2.24, 2.45) is 0 Å². The van der Waals surface area contributed by atoms with Crippen molar-refractivity contribution < 1.29 is 9.90 Å². The second-order valence-corrected chi connectivity index (χ2v) is 4.59. The SMILES string of the molecule is Nc1ccc2c(=O)c(C(=O)O)cn(C3CC3)c2c1. The van der Waals surface area contributed by atoms with Gasteiger partial charge in [0.1, 0.15) is 5.56 Å². The zero-order chi connectivity index (χ0) is 12.9. The molecule has 5 heteroatoms. The summed E-state index contributed by atoms with van der Waals surface area (Å²) < 4.78 is 1.86. The number of benzene rings is 1. The summed E-state index contributed by atoms with van der Waals surface area (Å²) in [4.78, 5) is 23.1. The Labute approximate surface area is 102 Å². The third kappa shape index (κ3) is 1.55. The normalized spacial score (nSPS) is 14.9. The number of aromatic carboxylic acids is 1. The lowest BCUT2D eigenvalue weighted by Crippen LogP contribution is -2.18. The van der Waals surface area contributed by atoms with Crippen LogP contribution in [0.25, 0.3) is 10.9 Å². The molecule has 1 aliphatic carbocycles. The Bertz CT molecular complexity index is 714. The predicted molar refractivity (Wildman–Crippen MR) is 67.9 cm³/mol. The molecule has 1 aromatic carbocycles. The average Bonchev–Trinajstić information content (AvgIpc) is 3.13. The van der Waals surface area contributed by atoms with E-state index in [1.165, 1.54) is 6.20 Å². The molecule has 2 aromatic rings. The Morgan fingerprint density at radius 3 is 2.72 bits per heavy atom. The largest absolute Gasteiger partial charge is 0.477 e. The van der Waals surface area contributed by atoms with Crippen molar-refractivity contribution in [1.29, 1.82) is 0 Å². The molecule has 1 heterocycles. The van der Waals surface area contributed by atoms with Crippen molar-refractivity contribution in [3.8, 4) is 0 Å². The third-order valence-electron chi connectivity index (χ3n) is 3.23. The van der Waals surface area contributed by atoms with Gasteiger partial charge in [-0.3, -0.25) is 4.79 Å². The molecule has 0 atom stereocenters. The van der Waals surface area contributed by atoms with Crippen LogP contribution >= 0.6 is 0 Å². The smallest absolute Gasteiger partial charge is 0.341 e. The maximum absolute atomic E-state index is 12.0. The molecular formula is C13H12N2O3. The molecule has 92 valence electrons. The van der Waals surface area contributed by atoms with Gasteiger partial charge in [-0.2, -0.15) is 0 Å². The minimum Gasteiger partial charge on any atom is -0.477 e. The van der Waals surface area contributed by atoms with E-state index in [0.717, 1.165) is 12.8 Å². The number of nitrogen functional groups attached to an aromatic ring is 1. The minimum atomic E-state index is -1.19. The van der Waals surface area contributed by atoms with Crippen LogP contribution in [0.3, 0.4) is 0 Å². The summed E-state index contributed by atoms with van der Waals surface area (Å²) in [5, 5.41) is 9.48. The zero-order valence-corrected chi connectivity index (χ0v) is 9.59. The number of hydrogen-bond acceptors (Lipinski definition) is 3. The maximum Gasteiger partial charge on any atom is 0.341 e. The molecule has 0 radical (unpaired) electrons. The molecule has 0 bridgehead atoms. The number of carboxylic acids is 1. The number of rotatable bonds is 2. The molecule has 1 fully saturated rings. The van der Waals surface area contributed by atoms with Crippen molar-refractivity contribution in [3.63, 3.8) is 0 Å². The Hall–Kier alpha value is -2.30. The maximum atomic E-state index is 12.0. The van der Waals surface area contributed by atoms with Gasteiger partial charge in [0.25, 0.3) is 0 Å². The summed E-state index contributed by atoms with van der Waals surface area (Å²) in [6.45, 7) is 0. The lowest BCUT2D eigenvalue weighted by atomic mass is 10.1. The van der Waals surface area contributed by atoms with Gasteiger partial charge >= 0.3 is 5.97 Å². The highest BCUT2D eigenvalue weighted by Gasteiger charge is 2.26. The van der Waals surface area contributed by atoms with E-state index >= 15 is 0 Å². The fraction of sp³-hybridized carbons (Fsp3) is 0.231. The van der Waals surface area contributed by atoms with E-state index < -0.39 is 11.4 Å². The van der Waals surface area contributed by atoms with Crippen LogP contribution in [-0.2, 0) is 0 Å². The molecule has 0 aliphatic heterocycles. The fourth-order valence-corrected chi connectivity index (χ4v) is 2.17. The molecule has 1 aromatic heterocycles. The summed E-state index contributed by atoms with van der Waals surface area (Å²) in [5.74, 6) is -1.19. The fourth-order valence-electron chi connectivity index (χ4n) is 2.17. The molecule has 0 amide bonds. The first-order valence-electron chi connectivity index (χ1n) is 5.75. The molecule has 0 unspecified atom stereocenters. The molecular weight excluding hydrogens is 232 g/mol. The van der Waals surface area contributed by atoms with Gasteiger partial charge < -0.3 is 15.4 Å². The number of carboxylic acid groups (broad SMARTS) is 1. The topological polar surface area (TPSA) is 85.3 Å². The quantitative estimate of drug-likeness (QED) is 0.786. The average molecular weight is 244 g/mol. The Kier molecular flexibility index (Phi) is 2.16. The van der Waals surface area contributed by atoms with Crippen molar-refractivity contribution in [1.82, 2.24) is 4.57 Å². The Morgan fingerprint density at radius 2 is 2.11 bits per heavy atom. The van der Waals surface area contributed by atoms with Crippen LogP contribution in [0.2, 0.25) is 0 Å². The first-order valence-corrected chi connectivity index (χ1v) is 5.75. The first-order chi connectivity index (χ1) is 8.58. The van der Waals surface area contributed by atoms with E-state index in [2.05, 4.69) is 0 Å². The Morgan fingerprint density at radius 1 is 1.39 bits per heavy atom. The van der Waals surface area contributed by atoms with E-state index in [1.807, 2.05) is 4.57 Å². The first kappa shape index (κ1) is 10.8. The molecule has 18 heavy (non-hydrogen) atoms. The van der Waals surface area contributed by atoms with Crippen molar-refractivity contribution in [2.75, 3.05) is 5.73 Å². The van der Waals surface area contributed by atoms with Gasteiger partial charge in [0.05, 0.1) is 5.52 Å².